The number of hydrogen-bond acceptors (Lipinski definition) is 4. The van der Waals surface area contributed by atoms with Crippen molar-refractivity contribution in [1.82, 2.24) is 4.98 Å². The lowest BCUT2D eigenvalue weighted by Crippen LogP contribution is -1.99. The van der Waals surface area contributed by atoms with Crippen LogP contribution in [0.3, 0.4) is 0 Å². The molecule has 2 rings (SSSR count). The minimum absolute atomic E-state index is 0.476. The lowest BCUT2D eigenvalue weighted by molar-refractivity contribution is 0.301. The second-order valence-electron chi connectivity index (χ2n) is 4.47. The van der Waals surface area contributed by atoms with Gasteiger partial charge in [-0.25, -0.2) is 4.98 Å². The summed E-state index contributed by atoms with van der Waals surface area (Å²) in [6.07, 6.45) is 0. The van der Waals surface area contributed by atoms with Crippen LogP contribution in [0.25, 0.3) is 0 Å². The summed E-state index contributed by atoms with van der Waals surface area (Å²) >= 11 is 1.69. The number of benzene rings is 1. The van der Waals surface area contributed by atoms with E-state index in [9.17, 15) is 0 Å². The molecule has 0 aliphatic heterocycles. The fourth-order valence-corrected chi connectivity index (χ4v) is 2.39. The van der Waals surface area contributed by atoms with Crippen LogP contribution in [0.4, 0.5) is 0 Å². The summed E-state index contributed by atoms with van der Waals surface area (Å²) in [7, 11) is 0. The molecule has 0 fully saturated rings. The standard InChI is InChI=1S/C14H18N2OS/c1-10(2)14-16-12(9-18-14)8-17-13-5-3-4-11(6-13)7-15/h3-6,9-10H,7-8,15H2,1-2H3. The first-order valence-corrected chi connectivity index (χ1v) is 6.93. The molecule has 0 amide bonds. The minimum Gasteiger partial charge on any atom is -0.487 e. The van der Waals surface area contributed by atoms with E-state index in [1.807, 2.05) is 24.3 Å². The molecule has 0 unspecified atom stereocenters. The molecule has 3 nitrogen and oxygen atoms in total. The Bertz CT molecular complexity index is 508. The zero-order valence-electron chi connectivity index (χ0n) is 10.7. The third kappa shape index (κ3) is 3.31. The molecule has 1 heterocycles. The van der Waals surface area contributed by atoms with Gasteiger partial charge in [-0.15, -0.1) is 11.3 Å². The van der Waals surface area contributed by atoms with Gasteiger partial charge in [0.2, 0.25) is 0 Å². The summed E-state index contributed by atoms with van der Waals surface area (Å²) in [4.78, 5) is 4.54. The monoisotopic (exact) mass is 262 g/mol. The summed E-state index contributed by atoms with van der Waals surface area (Å²) in [5, 5.41) is 3.21. The van der Waals surface area contributed by atoms with Crippen LogP contribution in [0, 0.1) is 0 Å². The van der Waals surface area contributed by atoms with Crippen molar-refractivity contribution < 1.29 is 4.74 Å². The Balaban J connectivity index is 1.97. The van der Waals surface area contributed by atoms with Gasteiger partial charge in [-0.05, 0) is 17.7 Å². The Kier molecular flexibility index (Phi) is 4.33. The van der Waals surface area contributed by atoms with Crippen LogP contribution in [0.2, 0.25) is 0 Å². The van der Waals surface area contributed by atoms with Crippen molar-refractivity contribution in [1.29, 1.82) is 0 Å². The fraction of sp³-hybridized carbons (Fsp3) is 0.357. The quantitative estimate of drug-likeness (QED) is 0.899. The molecular formula is C14H18N2OS. The molecule has 96 valence electrons. The zero-order valence-corrected chi connectivity index (χ0v) is 11.5. The maximum atomic E-state index is 5.72. The van der Waals surface area contributed by atoms with Crippen LogP contribution < -0.4 is 10.5 Å². The van der Waals surface area contributed by atoms with Gasteiger partial charge in [-0.3, -0.25) is 0 Å². The summed E-state index contributed by atoms with van der Waals surface area (Å²) in [6.45, 7) is 5.34. The average Bonchev–Trinajstić information content (AvgIpc) is 2.85. The smallest absolute Gasteiger partial charge is 0.131 e. The van der Waals surface area contributed by atoms with Crippen LogP contribution >= 0.6 is 11.3 Å². The lowest BCUT2D eigenvalue weighted by atomic mass is 10.2. The van der Waals surface area contributed by atoms with E-state index in [1.165, 1.54) is 0 Å². The molecule has 4 heteroatoms. The number of nitrogens with zero attached hydrogens (tertiary/aromatic N) is 1. The molecule has 0 aliphatic rings. The van der Waals surface area contributed by atoms with Gasteiger partial charge in [0.15, 0.2) is 0 Å². The minimum atomic E-state index is 0.476. The first kappa shape index (κ1) is 13.1. The number of hydrogen-bond donors (Lipinski definition) is 1. The van der Waals surface area contributed by atoms with Gasteiger partial charge in [0.25, 0.3) is 0 Å². The first-order valence-electron chi connectivity index (χ1n) is 6.05. The molecule has 0 saturated heterocycles. The number of rotatable bonds is 5. The number of aromatic nitrogens is 1. The second kappa shape index (κ2) is 5.98. The van der Waals surface area contributed by atoms with Crippen molar-refractivity contribution in [2.75, 3.05) is 0 Å². The third-order valence-electron chi connectivity index (χ3n) is 2.58. The summed E-state index contributed by atoms with van der Waals surface area (Å²) in [5.74, 6) is 1.32. The van der Waals surface area contributed by atoms with E-state index in [1.54, 1.807) is 11.3 Å². The average molecular weight is 262 g/mol. The Labute approximate surface area is 112 Å². The van der Waals surface area contributed by atoms with E-state index in [2.05, 4.69) is 24.2 Å². The Morgan fingerprint density at radius 2 is 2.22 bits per heavy atom. The second-order valence-corrected chi connectivity index (χ2v) is 5.36. The number of ether oxygens (including phenoxy) is 1. The topological polar surface area (TPSA) is 48.1 Å². The van der Waals surface area contributed by atoms with Gasteiger partial charge in [-0.2, -0.15) is 0 Å². The Morgan fingerprint density at radius 1 is 1.39 bits per heavy atom. The molecule has 1 aromatic heterocycles. The molecule has 2 N–H and O–H groups in total. The maximum Gasteiger partial charge on any atom is 0.131 e. The zero-order chi connectivity index (χ0) is 13.0. The van der Waals surface area contributed by atoms with Crippen molar-refractivity contribution in [3.63, 3.8) is 0 Å². The van der Waals surface area contributed by atoms with E-state index < -0.39 is 0 Å². The third-order valence-corrected chi connectivity index (χ3v) is 3.78. The fourth-order valence-electron chi connectivity index (χ4n) is 1.57. The molecule has 0 bridgehead atoms. The number of nitrogens with two attached hydrogens (primary N) is 1. The van der Waals surface area contributed by atoms with Crippen LogP contribution in [-0.2, 0) is 13.2 Å². The van der Waals surface area contributed by atoms with Gasteiger partial charge < -0.3 is 10.5 Å². The molecule has 0 saturated carbocycles. The summed E-state index contributed by atoms with van der Waals surface area (Å²) in [5.41, 5.74) is 7.66. The van der Waals surface area contributed by atoms with Crippen LogP contribution in [-0.4, -0.2) is 4.98 Å². The molecule has 0 radical (unpaired) electrons. The molecule has 0 aliphatic carbocycles. The molecule has 1 aromatic carbocycles. The highest BCUT2D eigenvalue weighted by atomic mass is 32.1. The van der Waals surface area contributed by atoms with Crippen molar-refractivity contribution >= 4 is 11.3 Å². The maximum absolute atomic E-state index is 5.72. The Hall–Kier alpha value is -1.39. The van der Waals surface area contributed by atoms with Crippen LogP contribution in [0.15, 0.2) is 29.6 Å². The van der Waals surface area contributed by atoms with Gasteiger partial charge in [0, 0.05) is 17.8 Å². The van der Waals surface area contributed by atoms with Crippen molar-refractivity contribution in [3.05, 3.63) is 45.9 Å². The van der Waals surface area contributed by atoms with Gasteiger partial charge in [0.05, 0.1) is 10.7 Å². The molecule has 0 spiro atoms. The normalized spacial score (nSPS) is 10.9. The molecular weight excluding hydrogens is 244 g/mol. The van der Waals surface area contributed by atoms with E-state index in [-0.39, 0.29) is 0 Å². The highest BCUT2D eigenvalue weighted by molar-refractivity contribution is 7.09. The predicted octanol–water partition coefficient (Wildman–Crippen LogP) is 3.30. The number of thiazole rings is 1. The van der Waals surface area contributed by atoms with E-state index >= 15 is 0 Å². The van der Waals surface area contributed by atoms with E-state index in [0.717, 1.165) is 22.0 Å². The Morgan fingerprint density at radius 3 is 2.89 bits per heavy atom. The van der Waals surface area contributed by atoms with Crippen LogP contribution in [0.1, 0.15) is 36.0 Å². The van der Waals surface area contributed by atoms with Gasteiger partial charge in [0.1, 0.15) is 12.4 Å². The lowest BCUT2D eigenvalue weighted by Gasteiger charge is -2.05. The van der Waals surface area contributed by atoms with E-state index in [4.69, 9.17) is 10.5 Å². The van der Waals surface area contributed by atoms with E-state index in [0.29, 0.717) is 19.1 Å². The van der Waals surface area contributed by atoms with Crippen molar-refractivity contribution in [2.45, 2.75) is 32.9 Å². The molecule has 2 aromatic rings. The largest absolute Gasteiger partial charge is 0.487 e. The summed E-state index contributed by atoms with van der Waals surface area (Å²) in [6, 6.07) is 7.86. The predicted molar refractivity (Wildman–Crippen MR) is 74.9 cm³/mol. The first-order chi connectivity index (χ1) is 8.69. The SMILES string of the molecule is CC(C)c1nc(COc2cccc(CN)c2)cs1. The van der Waals surface area contributed by atoms with Gasteiger partial charge >= 0.3 is 0 Å². The molecule has 18 heavy (non-hydrogen) atoms. The van der Waals surface area contributed by atoms with Crippen LogP contribution in [0.5, 0.6) is 5.75 Å². The molecule has 0 atom stereocenters. The van der Waals surface area contributed by atoms with Crippen molar-refractivity contribution in [3.8, 4) is 5.75 Å². The summed E-state index contributed by atoms with van der Waals surface area (Å²) < 4.78 is 5.72. The van der Waals surface area contributed by atoms with Gasteiger partial charge in [-0.1, -0.05) is 26.0 Å². The highest BCUT2D eigenvalue weighted by Crippen LogP contribution is 2.20. The van der Waals surface area contributed by atoms with Crippen molar-refractivity contribution in [2.24, 2.45) is 5.73 Å². The highest BCUT2D eigenvalue weighted by Gasteiger charge is 2.06.